The van der Waals surface area contributed by atoms with Gasteiger partial charge in [-0.1, -0.05) is 25.8 Å². The third kappa shape index (κ3) is 5.71. The van der Waals surface area contributed by atoms with Crippen LogP contribution in [0.25, 0.3) is 0 Å². The van der Waals surface area contributed by atoms with Crippen LogP contribution in [0.5, 0.6) is 5.75 Å². The Hall–Kier alpha value is -1.62. The van der Waals surface area contributed by atoms with Gasteiger partial charge in [0.2, 0.25) is 0 Å². The van der Waals surface area contributed by atoms with Crippen molar-refractivity contribution in [2.24, 2.45) is 5.73 Å². The maximum Gasteiger partial charge on any atom is 0.260 e. The Kier molecular flexibility index (Phi) is 7.15. The molecule has 0 aromatic heterocycles. The molecule has 0 aliphatic rings. The van der Waals surface area contributed by atoms with E-state index in [2.05, 4.69) is 12.2 Å². The molecule has 3 N–H and O–H groups in total. The quantitative estimate of drug-likeness (QED) is 0.725. The van der Waals surface area contributed by atoms with Crippen LogP contribution >= 0.6 is 0 Å². The first-order valence-corrected chi connectivity index (χ1v) is 7.45. The molecule has 2 unspecified atom stereocenters. The van der Waals surface area contributed by atoms with Crippen molar-refractivity contribution in [3.63, 3.8) is 0 Å². The van der Waals surface area contributed by atoms with Crippen LogP contribution in [-0.2, 0) is 4.79 Å². The molecule has 0 heterocycles. The van der Waals surface area contributed by atoms with Gasteiger partial charge in [-0.2, -0.15) is 0 Å². The van der Waals surface area contributed by atoms with Crippen molar-refractivity contribution in [2.75, 3.05) is 6.54 Å². The van der Waals surface area contributed by atoms with E-state index in [1.54, 1.807) is 19.9 Å². The van der Waals surface area contributed by atoms with E-state index in [4.69, 9.17) is 10.5 Å². The molecule has 0 bridgehead atoms. The topological polar surface area (TPSA) is 64.3 Å². The zero-order valence-electron chi connectivity index (χ0n) is 13.0. The number of ether oxygens (including phenoxy) is 1. The molecule has 0 spiro atoms. The lowest BCUT2D eigenvalue weighted by atomic mass is 10.1. The van der Waals surface area contributed by atoms with Gasteiger partial charge in [-0.25, -0.2) is 4.39 Å². The summed E-state index contributed by atoms with van der Waals surface area (Å²) in [5.74, 6) is -0.294. The molecule has 21 heavy (non-hydrogen) atoms. The van der Waals surface area contributed by atoms with Crippen molar-refractivity contribution in [3.8, 4) is 5.75 Å². The molecule has 0 radical (unpaired) electrons. The minimum absolute atomic E-state index is 0.203. The Morgan fingerprint density at radius 2 is 2.10 bits per heavy atom. The second kappa shape index (κ2) is 8.62. The van der Waals surface area contributed by atoms with Gasteiger partial charge in [-0.3, -0.25) is 4.79 Å². The number of amides is 1. The number of nitrogens with two attached hydrogens (primary N) is 1. The van der Waals surface area contributed by atoms with E-state index in [-0.39, 0.29) is 11.9 Å². The fraction of sp³-hybridized carbons (Fsp3) is 0.562. The van der Waals surface area contributed by atoms with E-state index in [1.165, 1.54) is 12.1 Å². The molecule has 118 valence electrons. The van der Waals surface area contributed by atoms with Crippen LogP contribution in [0.1, 0.15) is 51.6 Å². The van der Waals surface area contributed by atoms with E-state index >= 15 is 0 Å². The largest absolute Gasteiger partial charge is 0.480 e. The molecule has 1 amide bonds. The zero-order chi connectivity index (χ0) is 15.8. The number of nitrogens with one attached hydrogen (secondary N) is 1. The molecule has 0 aliphatic heterocycles. The lowest BCUT2D eigenvalue weighted by molar-refractivity contribution is -0.127. The lowest BCUT2D eigenvalue weighted by Crippen LogP contribution is -2.37. The maximum absolute atomic E-state index is 13.3. The van der Waals surface area contributed by atoms with Crippen molar-refractivity contribution < 1.29 is 13.9 Å². The second-order valence-electron chi connectivity index (χ2n) is 5.23. The first kappa shape index (κ1) is 17.4. The Morgan fingerprint density at radius 3 is 2.71 bits per heavy atom. The minimum atomic E-state index is -0.689. The summed E-state index contributed by atoms with van der Waals surface area (Å²) in [5, 5.41) is 2.81. The molecule has 4 nitrogen and oxygen atoms in total. The Morgan fingerprint density at radius 1 is 1.38 bits per heavy atom. The number of hydrogen-bond donors (Lipinski definition) is 2. The lowest BCUT2D eigenvalue weighted by Gasteiger charge is -2.18. The van der Waals surface area contributed by atoms with Gasteiger partial charge in [0, 0.05) is 24.2 Å². The Labute approximate surface area is 125 Å². The molecule has 0 saturated heterocycles. The van der Waals surface area contributed by atoms with Gasteiger partial charge >= 0.3 is 0 Å². The predicted molar refractivity (Wildman–Crippen MR) is 81.6 cm³/mol. The predicted octanol–water partition coefficient (Wildman–Crippen LogP) is 2.92. The summed E-state index contributed by atoms with van der Waals surface area (Å²) in [7, 11) is 0. The van der Waals surface area contributed by atoms with Crippen LogP contribution in [0.4, 0.5) is 4.39 Å². The Bertz CT molecular complexity index is 464. The van der Waals surface area contributed by atoms with Gasteiger partial charge in [0.15, 0.2) is 6.10 Å². The molecule has 0 saturated carbocycles. The highest BCUT2D eigenvalue weighted by Crippen LogP contribution is 2.25. The van der Waals surface area contributed by atoms with E-state index < -0.39 is 11.9 Å². The summed E-state index contributed by atoms with van der Waals surface area (Å²) in [5.41, 5.74) is 6.51. The summed E-state index contributed by atoms with van der Waals surface area (Å²) in [4.78, 5) is 11.9. The third-order valence-corrected chi connectivity index (χ3v) is 3.22. The molecule has 5 heteroatoms. The molecular weight excluding hydrogens is 271 g/mol. The number of carbonyl (C=O) groups is 1. The van der Waals surface area contributed by atoms with E-state index in [0.717, 1.165) is 19.3 Å². The van der Waals surface area contributed by atoms with Crippen LogP contribution in [0.15, 0.2) is 18.2 Å². The monoisotopic (exact) mass is 296 g/mol. The van der Waals surface area contributed by atoms with Gasteiger partial charge in [-0.15, -0.1) is 0 Å². The average Bonchev–Trinajstić information content (AvgIpc) is 2.43. The SMILES string of the molecule is CCCCCNC(=O)C(C)Oc1cc(F)ccc1C(C)N. The molecule has 1 rings (SSSR count). The van der Waals surface area contributed by atoms with Crippen LogP contribution in [0.2, 0.25) is 0 Å². The van der Waals surface area contributed by atoms with Gasteiger partial charge in [0.1, 0.15) is 11.6 Å². The Balaban J connectivity index is 2.63. The molecule has 2 atom stereocenters. The first-order valence-electron chi connectivity index (χ1n) is 7.45. The fourth-order valence-electron chi connectivity index (χ4n) is 1.96. The smallest absolute Gasteiger partial charge is 0.260 e. The summed E-state index contributed by atoms with van der Waals surface area (Å²) in [6, 6.07) is 3.89. The van der Waals surface area contributed by atoms with Crippen molar-refractivity contribution in [3.05, 3.63) is 29.6 Å². The summed E-state index contributed by atoms with van der Waals surface area (Å²) in [6.45, 7) is 6.16. The molecule has 0 fully saturated rings. The van der Waals surface area contributed by atoms with Crippen molar-refractivity contribution in [1.82, 2.24) is 5.32 Å². The number of hydrogen-bond acceptors (Lipinski definition) is 3. The molecule has 0 aliphatic carbocycles. The molecule has 1 aromatic carbocycles. The van der Waals surface area contributed by atoms with Gasteiger partial charge in [0.05, 0.1) is 0 Å². The van der Waals surface area contributed by atoms with Crippen LogP contribution in [0.3, 0.4) is 0 Å². The number of rotatable bonds is 8. The molecular formula is C16H25FN2O2. The summed E-state index contributed by atoms with van der Waals surface area (Å²) < 4.78 is 18.9. The van der Waals surface area contributed by atoms with Crippen LogP contribution < -0.4 is 15.8 Å². The highest BCUT2D eigenvalue weighted by Gasteiger charge is 2.17. The van der Waals surface area contributed by atoms with E-state index in [0.29, 0.717) is 17.9 Å². The van der Waals surface area contributed by atoms with E-state index in [1.807, 2.05) is 0 Å². The summed E-state index contributed by atoms with van der Waals surface area (Å²) >= 11 is 0. The number of benzene rings is 1. The maximum atomic E-state index is 13.3. The number of unbranched alkanes of at least 4 members (excludes halogenated alkanes) is 2. The number of carbonyl (C=O) groups excluding carboxylic acids is 1. The van der Waals surface area contributed by atoms with Gasteiger partial charge in [0.25, 0.3) is 5.91 Å². The highest BCUT2D eigenvalue weighted by atomic mass is 19.1. The first-order chi connectivity index (χ1) is 9.95. The van der Waals surface area contributed by atoms with Crippen molar-refractivity contribution in [1.29, 1.82) is 0 Å². The van der Waals surface area contributed by atoms with Crippen molar-refractivity contribution >= 4 is 5.91 Å². The van der Waals surface area contributed by atoms with Crippen LogP contribution in [-0.4, -0.2) is 18.6 Å². The standard InChI is InChI=1S/C16H25FN2O2/c1-4-5-6-9-19-16(20)12(3)21-15-10-13(17)7-8-14(15)11(2)18/h7-8,10-12H,4-6,9,18H2,1-3H3,(H,19,20). The van der Waals surface area contributed by atoms with Gasteiger partial charge < -0.3 is 15.8 Å². The van der Waals surface area contributed by atoms with Crippen LogP contribution in [0, 0.1) is 5.82 Å². The van der Waals surface area contributed by atoms with Gasteiger partial charge in [-0.05, 0) is 26.3 Å². The summed E-state index contributed by atoms with van der Waals surface area (Å²) in [6.07, 6.45) is 2.43. The molecule has 1 aromatic rings. The van der Waals surface area contributed by atoms with E-state index in [9.17, 15) is 9.18 Å². The fourth-order valence-corrected chi connectivity index (χ4v) is 1.96. The zero-order valence-corrected chi connectivity index (χ0v) is 13.0. The second-order valence-corrected chi connectivity index (χ2v) is 5.23. The number of halogens is 1. The average molecular weight is 296 g/mol. The third-order valence-electron chi connectivity index (χ3n) is 3.22. The van der Waals surface area contributed by atoms with Crippen molar-refractivity contribution in [2.45, 2.75) is 52.2 Å². The highest BCUT2D eigenvalue weighted by molar-refractivity contribution is 5.80. The minimum Gasteiger partial charge on any atom is -0.480 e. The normalized spacial score (nSPS) is 13.6.